The second-order valence-corrected chi connectivity index (χ2v) is 6.81. The maximum absolute atomic E-state index is 13.4. The predicted octanol–water partition coefficient (Wildman–Crippen LogP) is 3.24. The molecule has 0 aliphatic carbocycles. The quantitative estimate of drug-likeness (QED) is 0.837. The summed E-state index contributed by atoms with van der Waals surface area (Å²) in [4.78, 5) is 16.7. The van der Waals surface area contributed by atoms with E-state index in [1.54, 1.807) is 4.90 Å². The molecule has 1 fully saturated rings. The number of benzene rings is 2. The molecule has 1 atom stereocenters. The Bertz CT molecular complexity index is 808. The molecule has 3 nitrogen and oxygen atoms in total. The molecule has 0 aromatic heterocycles. The highest BCUT2D eigenvalue weighted by Crippen LogP contribution is 2.25. The molecule has 0 N–H and O–H groups in total. The lowest BCUT2D eigenvalue weighted by Gasteiger charge is -2.33. The lowest BCUT2D eigenvalue weighted by atomic mass is 9.98. The number of hydrogen-bond donors (Lipinski definition) is 0. The van der Waals surface area contributed by atoms with Gasteiger partial charge < -0.3 is 4.90 Å². The summed E-state index contributed by atoms with van der Waals surface area (Å²) in [7, 11) is 0. The van der Waals surface area contributed by atoms with Gasteiger partial charge >= 0.3 is 0 Å². The van der Waals surface area contributed by atoms with Gasteiger partial charge in [0.2, 0.25) is 0 Å². The fourth-order valence-electron chi connectivity index (χ4n) is 3.87. The van der Waals surface area contributed by atoms with Gasteiger partial charge in [0.05, 0.1) is 0 Å². The third kappa shape index (κ3) is 3.16. The Morgan fingerprint density at radius 2 is 1.80 bits per heavy atom. The minimum Gasteiger partial charge on any atom is -0.337 e. The Kier molecular flexibility index (Phi) is 4.25. The molecule has 25 heavy (non-hydrogen) atoms. The third-order valence-corrected chi connectivity index (χ3v) is 5.29. The first kappa shape index (κ1) is 16.2. The summed E-state index contributed by atoms with van der Waals surface area (Å²) in [6.07, 6.45) is 1.95. The van der Waals surface area contributed by atoms with Gasteiger partial charge in [-0.25, -0.2) is 8.78 Å². The number of fused-ring (bicyclic) bond motifs is 1. The first-order valence-corrected chi connectivity index (χ1v) is 8.67. The molecule has 2 aromatic rings. The number of likely N-dealkylation sites (tertiary alicyclic amines) is 1. The molecule has 0 saturated carbocycles. The highest BCUT2D eigenvalue weighted by Gasteiger charge is 2.32. The molecule has 0 unspecified atom stereocenters. The smallest absolute Gasteiger partial charge is 0.254 e. The zero-order valence-electron chi connectivity index (χ0n) is 13.9. The van der Waals surface area contributed by atoms with Crippen molar-refractivity contribution in [1.82, 2.24) is 9.80 Å². The van der Waals surface area contributed by atoms with Crippen LogP contribution in [0.25, 0.3) is 0 Å². The first-order chi connectivity index (χ1) is 12.1. The number of hydrogen-bond acceptors (Lipinski definition) is 2. The molecular weight excluding hydrogens is 322 g/mol. The predicted molar refractivity (Wildman–Crippen MR) is 91.2 cm³/mol. The largest absolute Gasteiger partial charge is 0.337 e. The average Bonchev–Trinajstić information content (AvgIpc) is 3.13. The van der Waals surface area contributed by atoms with E-state index in [9.17, 15) is 13.6 Å². The van der Waals surface area contributed by atoms with E-state index < -0.39 is 11.6 Å². The van der Waals surface area contributed by atoms with Crippen LogP contribution in [0.2, 0.25) is 0 Å². The van der Waals surface area contributed by atoms with Gasteiger partial charge in [0, 0.05) is 37.8 Å². The standard InChI is InChI=1S/C20H20F2N2O/c21-18-6-5-15(11-19(18)22)20(25)24-10-8-17(13-24)23-9-7-14-3-1-2-4-16(14)12-23/h1-6,11,17H,7-10,12-13H2/t17-/m0/s1. The molecule has 2 aromatic carbocycles. The van der Waals surface area contributed by atoms with Crippen LogP contribution in [0.3, 0.4) is 0 Å². The number of nitrogens with zero attached hydrogens (tertiary/aromatic N) is 2. The van der Waals surface area contributed by atoms with Gasteiger partial charge in [-0.3, -0.25) is 9.69 Å². The summed E-state index contributed by atoms with van der Waals surface area (Å²) in [5.74, 6) is -2.13. The van der Waals surface area contributed by atoms with Crippen molar-refractivity contribution in [3.63, 3.8) is 0 Å². The second kappa shape index (κ2) is 6.56. The monoisotopic (exact) mass is 342 g/mol. The van der Waals surface area contributed by atoms with Gasteiger partial charge in [0.25, 0.3) is 5.91 Å². The van der Waals surface area contributed by atoms with Crippen LogP contribution in [0.5, 0.6) is 0 Å². The van der Waals surface area contributed by atoms with Gasteiger partial charge in [-0.1, -0.05) is 24.3 Å². The molecule has 0 radical (unpaired) electrons. The van der Waals surface area contributed by atoms with Gasteiger partial charge in [0.1, 0.15) is 0 Å². The van der Waals surface area contributed by atoms with Crippen molar-refractivity contribution < 1.29 is 13.6 Å². The molecule has 2 aliphatic rings. The fourth-order valence-corrected chi connectivity index (χ4v) is 3.87. The lowest BCUT2D eigenvalue weighted by molar-refractivity contribution is 0.0772. The fraction of sp³-hybridized carbons (Fsp3) is 0.350. The van der Waals surface area contributed by atoms with Gasteiger partial charge in [-0.15, -0.1) is 0 Å². The molecule has 0 spiro atoms. The summed E-state index contributed by atoms with van der Waals surface area (Å²) in [6.45, 7) is 3.20. The Morgan fingerprint density at radius 1 is 1.00 bits per heavy atom. The zero-order valence-corrected chi connectivity index (χ0v) is 13.9. The Morgan fingerprint density at radius 3 is 2.60 bits per heavy atom. The first-order valence-electron chi connectivity index (χ1n) is 8.67. The van der Waals surface area contributed by atoms with Crippen molar-refractivity contribution in [3.05, 3.63) is 70.8 Å². The highest BCUT2D eigenvalue weighted by atomic mass is 19.2. The Balaban J connectivity index is 1.43. The Labute approximate surface area is 145 Å². The van der Waals surface area contributed by atoms with Crippen molar-refractivity contribution in [3.8, 4) is 0 Å². The van der Waals surface area contributed by atoms with Crippen molar-refractivity contribution in [2.75, 3.05) is 19.6 Å². The zero-order chi connectivity index (χ0) is 17.4. The van der Waals surface area contributed by atoms with Crippen LogP contribution in [0.15, 0.2) is 42.5 Å². The Hall–Kier alpha value is -2.27. The highest BCUT2D eigenvalue weighted by molar-refractivity contribution is 5.94. The number of carbonyl (C=O) groups excluding carboxylic acids is 1. The number of halogens is 2. The van der Waals surface area contributed by atoms with Crippen molar-refractivity contribution >= 4 is 5.91 Å². The van der Waals surface area contributed by atoms with Crippen molar-refractivity contribution in [1.29, 1.82) is 0 Å². The summed E-state index contributed by atoms with van der Waals surface area (Å²) in [6, 6.07) is 12.2. The topological polar surface area (TPSA) is 23.6 Å². The molecule has 1 amide bonds. The van der Waals surface area contributed by atoms with Crippen molar-refractivity contribution in [2.45, 2.75) is 25.4 Å². The molecule has 0 bridgehead atoms. The van der Waals surface area contributed by atoms with Crippen LogP contribution in [0, 0.1) is 11.6 Å². The van der Waals surface area contributed by atoms with E-state index in [1.165, 1.54) is 17.2 Å². The number of amides is 1. The van der Waals surface area contributed by atoms with Gasteiger partial charge in [-0.05, 0) is 42.2 Å². The van der Waals surface area contributed by atoms with Crippen LogP contribution < -0.4 is 0 Å². The maximum atomic E-state index is 13.4. The van der Waals surface area contributed by atoms with Crippen LogP contribution in [-0.4, -0.2) is 41.4 Å². The molecular formula is C20H20F2N2O. The van der Waals surface area contributed by atoms with Crippen LogP contribution in [0.1, 0.15) is 27.9 Å². The maximum Gasteiger partial charge on any atom is 0.254 e. The van der Waals surface area contributed by atoms with E-state index in [-0.39, 0.29) is 11.5 Å². The van der Waals surface area contributed by atoms with E-state index in [1.807, 2.05) is 0 Å². The third-order valence-electron chi connectivity index (χ3n) is 5.29. The molecule has 5 heteroatoms. The van der Waals surface area contributed by atoms with E-state index in [0.717, 1.165) is 38.1 Å². The lowest BCUT2D eigenvalue weighted by Crippen LogP contribution is -2.41. The molecule has 2 heterocycles. The SMILES string of the molecule is O=C(c1ccc(F)c(F)c1)N1CC[C@H](N2CCc3ccccc3C2)C1. The van der Waals surface area contributed by atoms with E-state index in [4.69, 9.17) is 0 Å². The molecule has 4 rings (SSSR count). The van der Waals surface area contributed by atoms with Crippen LogP contribution >= 0.6 is 0 Å². The molecule has 2 aliphatic heterocycles. The van der Waals surface area contributed by atoms with E-state index in [0.29, 0.717) is 19.1 Å². The van der Waals surface area contributed by atoms with Crippen molar-refractivity contribution in [2.24, 2.45) is 0 Å². The number of rotatable bonds is 2. The van der Waals surface area contributed by atoms with Crippen LogP contribution in [-0.2, 0) is 13.0 Å². The van der Waals surface area contributed by atoms with E-state index >= 15 is 0 Å². The second-order valence-electron chi connectivity index (χ2n) is 6.81. The summed E-state index contributed by atoms with van der Waals surface area (Å²) < 4.78 is 26.4. The van der Waals surface area contributed by atoms with Gasteiger partial charge in [-0.2, -0.15) is 0 Å². The number of carbonyl (C=O) groups is 1. The minimum absolute atomic E-state index is 0.212. The van der Waals surface area contributed by atoms with Crippen LogP contribution in [0.4, 0.5) is 8.78 Å². The summed E-state index contributed by atoms with van der Waals surface area (Å²) >= 11 is 0. The summed E-state index contributed by atoms with van der Waals surface area (Å²) in [5, 5.41) is 0. The van der Waals surface area contributed by atoms with E-state index in [2.05, 4.69) is 29.2 Å². The average molecular weight is 342 g/mol. The van der Waals surface area contributed by atoms with Gasteiger partial charge in [0.15, 0.2) is 11.6 Å². The summed E-state index contributed by atoms with van der Waals surface area (Å²) in [5.41, 5.74) is 2.98. The molecule has 1 saturated heterocycles. The minimum atomic E-state index is -0.978. The normalized spacial score (nSPS) is 20.6. The molecule has 130 valence electrons.